The highest BCUT2D eigenvalue weighted by Gasteiger charge is 2.22. The summed E-state index contributed by atoms with van der Waals surface area (Å²) in [7, 11) is 0. The molecule has 1 N–H and O–H groups in total. The van der Waals surface area contributed by atoms with E-state index >= 15 is 0 Å². The van der Waals surface area contributed by atoms with E-state index in [0.29, 0.717) is 32.2 Å². The fourth-order valence-corrected chi connectivity index (χ4v) is 3.67. The molecule has 0 amide bonds. The fourth-order valence-electron chi connectivity index (χ4n) is 3.67. The number of ether oxygens (including phenoxy) is 2. The molecule has 0 aliphatic carbocycles. The van der Waals surface area contributed by atoms with E-state index < -0.39 is 6.10 Å². The fraction of sp³-hybridized carbons (Fsp3) is 0.423. The maximum Gasteiger partial charge on any atom is 0.227 e. The van der Waals surface area contributed by atoms with Crippen LogP contribution < -0.4 is 4.74 Å². The molecule has 0 aliphatic rings. The number of aliphatic hydroxyl groups is 1. The topological polar surface area (TPSA) is 59.8 Å². The Hall–Kier alpha value is -2.67. The molecule has 6 heteroatoms. The molecular weight excluding hydrogens is 402 g/mol. The minimum atomic E-state index is -0.535. The number of aryl methyl sites for hydroxylation is 2. The van der Waals surface area contributed by atoms with Crippen molar-refractivity contribution in [3.05, 3.63) is 71.4 Å². The third kappa shape index (κ3) is 6.42. The molecule has 1 heterocycles. The quantitative estimate of drug-likeness (QED) is 0.437. The zero-order valence-electron chi connectivity index (χ0n) is 19.6. The van der Waals surface area contributed by atoms with Crippen molar-refractivity contribution in [2.24, 2.45) is 0 Å². The molecule has 0 fully saturated rings. The van der Waals surface area contributed by atoms with Crippen LogP contribution >= 0.6 is 0 Å². The van der Waals surface area contributed by atoms with Crippen LogP contribution in [0, 0.1) is 13.8 Å². The van der Waals surface area contributed by atoms with Crippen LogP contribution in [0.4, 0.5) is 0 Å². The lowest BCUT2D eigenvalue weighted by atomic mass is 10.2. The van der Waals surface area contributed by atoms with Gasteiger partial charge in [0.1, 0.15) is 5.75 Å². The highest BCUT2D eigenvalue weighted by Crippen LogP contribution is 2.31. The Morgan fingerprint density at radius 3 is 2.41 bits per heavy atom. The molecule has 32 heavy (non-hydrogen) atoms. The summed E-state index contributed by atoms with van der Waals surface area (Å²) in [5.74, 6) is 1.48. The second-order valence-corrected chi connectivity index (χ2v) is 8.08. The molecule has 1 atom stereocenters. The average molecular weight is 438 g/mol. The summed E-state index contributed by atoms with van der Waals surface area (Å²) in [5, 5.41) is 15.2. The number of aromatic nitrogens is 2. The van der Waals surface area contributed by atoms with Gasteiger partial charge in [-0.2, -0.15) is 5.10 Å². The van der Waals surface area contributed by atoms with Crippen LogP contribution in [0.25, 0.3) is 5.69 Å². The number of rotatable bonds is 12. The van der Waals surface area contributed by atoms with Crippen LogP contribution in [0.15, 0.2) is 54.6 Å². The lowest BCUT2D eigenvalue weighted by Crippen LogP contribution is -2.35. The number of hydrogen-bond acceptors (Lipinski definition) is 5. The van der Waals surface area contributed by atoms with Crippen molar-refractivity contribution < 1.29 is 14.6 Å². The molecule has 3 aromatic rings. The van der Waals surface area contributed by atoms with Gasteiger partial charge in [0, 0.05) is 19.7 Å². The summed E-state index contributed by atoms with van der Waals surface area (Å²) in [6, 6.07) is 18.1. The first-order chi connectivity index (χ1) is 15.5. The van der Waals surface area contributed by atoms with E-state index in [1.54, 1.807) is 0 Å². The Balaban J connectivity index is 1.94. The van der Waals surface area contributed by atoms with Gasteiger partial charge >= 0.3 is 0 Å². The predicted molar refractivity (Wildman–Crippen MR) is 128 cm³/mol. The van der Waals surface area contributed by atoms with Crippen LogP contribution in [-0.2, 0) is 11.3 Å². The maximum absolute atomic E-state index is 10.4. The minimum absolute atomic E-state index is 0.339. The van der Waals surface area contributed by atoms with Gasteiger partial charge in [0.05, 0.1) is 29.7 Å². The van der Waals surface area contributed by atoms with Gasteiger partial charge in [-0.1, -0.05) is 42.8 Å². The van der Waals surface area contributed by atoms with Gasteiger partial charge in [0.15, 0.2) is 0 Å². The average Bonchev–Trinajstić information content (AvgIpc) is 3.09. The molecule has 0 radical (unpaired) electrons. The van der Waals surface area contributed by atoms with Crippen molar-refractivity contribution in [1.82, 2.24) is 14.7 Å². The number of nitrogens with zero attached hydrogens (tertiary/aromatic N) is 3. The molecular formula is C26H35N3O3. The summed E-state index contributed by atoms with van der Waals surface area (Å²) < 4.78 is 13.7. The van der Waals surface area contributed by atoms with Crippen molar-refractivity contribution in [2.75, 3.05) is 26.3 Å². The Kier molecular flexibility index (Phi) is 8.85. The molecule has 0 saturated carbocycles. The third-order valence-electron chi connectivity index (χ3n) is 5.28. The van der Waals surface area contributed by atoms with Gasteiger partial charge in [-0.3, -0.25) is 4.90 Å². The van der Waals surface area contributed by atoms with Crippen molar-refractivity contribution in [1.29, 1.82) is 0 Å². The van der Waals surface area contributed by atoms with Gasteiger partial charge in [-0.05, 0) is 58.0 Å². The van der Waals surface area contributed by atoms with Crippen molar-refractivity contribution in [2.45, 2.75) is 46.8 Å². The zero-order chi connectivity index (χ0) is 22.9. The minimum Gasteiger partial charge on any atom is -0.439 e. The Morgan fingerprint density at radius 2 is 1.75 bits per heavy atom. The summed E-state index contributed by atoms with van der Waals surface area (Å²) in [6.45, 7) is 11.1. The Morgan fingerprint density at radius 1 is 1.03 bits per heavy atom. The number of benzene rings is 2. The molecule has 0 bridgehead atoms. The van der Waals surface area contributed by atoms with Crippen molar-refractivity contribution in [3.8, 4) is 17.3 Å². The lowest BCUT2D eigenvalue weighted by molar-refractivity contribution is 0.0195. The normalized spacial score (nSPS) is 12.3. The second-order valence-electron chi connectivity index (χ2n) is 8.08. The monoisotopic (exact) mass is 437 g/mol. The largest absolute Gasteiger partial charge is 0.439 e. The van der Waals surface area contributed by atoms with Crippen LogP contribution in [0.3, 0.4) is 0 Å². The number of hydrogen-bond donors (Lipinski definition) is 1. The van der Waals surface area contributed by atoms with Crippen molar-refractivity contribution >= 4 is 0 Å². The van der Waals surface area contributed by atoms with Gasteiger partial charge in [-0.25, -0.2) is 4.68 Å². The molecule has 6 nitrogen and oxygen atoms in total. The van der Waals surface area contributed by atoms with Crippen LogP contribution in [0.2, 0.25) is 0 Å². The van der Waals surface area contributed by atoms with E-state index in [1.165, 1.54) is 5.56 Å². The first kappa shape index (κ1) is 24.0. The smallest absolute Gasteiger partial charge is 0.227 e. The highest BCUT2D eigenvalue weighted by atomic mass is 16.5. The molecule has 1 aromatic heterocycles. The Labute approximate surface area is 191 Å². The van der Waals surface area contributed by atoms with E-state index in [1.807, 2.05) is 73.1 Å². The first-order valence-electron chi connectivity index (χ1n) is 11.4. The van der Waals surface area contributed by atoms with Crippen molar-refractivity contribution in [3.63, 3.8) is 0 Å². The van der Waals surface area contributed by atoms with E-state index in [2.05, 4.69) is 18.7 Å². The van der Waals surface area contributed by atoms with Gasteiger partial charge in [0.2, 0.25) is 5.88 Å². The number of aliphatic hydroxyl groups excluding tert-OH is 1. The molecule has 2 aromatic carbocycles. The van der Waals surface area contributed by atoms with E-state index in [4.69, 9.17) is 14.6 Å². The summed E-state index contributed by atoms with van der Waals surface area (Å²) >= 11 is 0. The zero-order valence-corrected chi connectivity index (χ0v) is 19.6. The van der Waals surface area contributed by atoms with Crippen LogP contribution in [0.5, 0.6) is 11.6 Å². The van der Waals surface area contributed by atoms with Crippen LogP contribution in [0.1, 0.15) is 37.1 Å². The molecule has 0 spiro atoms. The summed E-state index contributed by atoms with van der Waals surface area (Å²) in [4.78, 5) is 2.24. The number of para-hydroxylation sites is 1. The molecule has 0 saturated heterocycles. The predicted octanol–water partition coefficient (Wildman–Crippen LogP) is 4.89. The highest BCUT2D eigenvalue weighted by molar-refractivity contribution is 5.43. The second kappa shape index (κ2) is 11.8. The third-order valence-corrected chi connectivity index (χ3v) is 5.28. The van der Waals surface area contributed by atoms with Crippen LogP contribution in [-0.4, -0.2) is 52.2 Å². The van der Waals surface area contributed by atoms with Gasteiger partial charge < -0.3 is 14.6 Å². The molecule has 0 aliphatic heterocycles. The maximum atomic E-state index is 10.4. The van der Waals surface area contributed by atoms with E-state index in [9.17, 15) is 5.11 Å². The molecule has 0 unspecified atom stereocenters. The molecule has 3 rings (SSSR count). The van der Waals surface area contributed by atoms with E-state index in [0.717, 1.165) is 35.7 Å². The summed E-state index contributed by atoms with van der Waals surface area (Å²) in [6.07, 6.45) is 0.453. The Bertz CT molecular complexity index is 954. The van der Waals surface area contributed by atoms with E-state index in [-0.39, 0.29) is 0 Å². The lowest BCUT2D eigenvalue weighted by Gasteiger charge is -2.25. The standard InChI is InChI=1S/C26H35N3O3/c1-5-16-28(17-23(30)19-31-6-2)18-25-21(4)27-29(22-10-8-7-9-11-22)26(25)32-24-14-12-20(3)13-15-24/h7-15,23,30H,5-6,16-19H2,1-4H3/t23-/m0/s1. The first-order valence-corrected chi connectivity index (χ1v) is 11.4. The van der Waals surface area contributed by atoms with Gasteiger partial charge in [-0.15, -0.1) is 0 Å². The summed E-state index contributed by atoms with van der Waals surface area (Å²) in [5.41, 5.74) is 4.06. The van der Waals surface area contributed by atoms with Gasteiger partial charge in [0.25, 0.3) is 0 Å². The molecule has 172 valence electrons. The SMILES string of the molecule is CCCN(Cc1c(C)nn(-c2ccccc2)c1Oc1ccc(C)cc1)C[C@H](O)COCC.